The molecule has 0 aliphatic carbocycles. The third kappa shape index (κ3) is 11.6. The summed E-state index contributed by atoms with van der Waals surface area (Å²) in [6.45, 7) is 13.7. The van der Waals surface area contributed by atoms with Gasteiger partial charge in [-0.3, -0.25) is 9.59 Å². The van der Waals surface area contributed by atoms with Gasteiger partial charge < -0.3 is 59.6 Å². The van der Waals surface area contributed by atoms with E-state index in [1.807, 2.05) is 19.2 Å². The van der Waals surface area contributed by atoms with Gasteiger partial charge in [0.1, 0.15) is 5.76 Å². The first kappa shape index (κ1) is 43.2. The van der Waals surface area contributed by atoms with Crippen molar-refractivity contribution in [2.75, 3.05) is 86.2 Å². The summed E-state index contributed by atoms with van der Waals surface area (Å²) in [5.74, 6) is -1.00. The molecule has 1 aliphatic heterocycles. The maximum Gasteiger partial charge on any atom is 0.251 e. The first-order valence-electron chi connectivity index (χ1n) is 19.0. The average molecular weight is 797 g/mol. The molecule has 5 rings (SSSR count). The number of phenolic OH excluding ortho intramolecular Hbond substituents is 2. The molecule has 4 aromatic rings. The van der Waals surface area contributed by atoms with Gasteiger partial charge >= 0.3 is 0 Å². The Morgan fingerprint density at radius 2 is 1.43 bits per heavy atom. The van der Waals surface area contributed by atoms with Crippen molar-refractivity contribution in [3.63, 3.8) is 0 Å². The normalized spacial score (nSPS) is 15.4. The van der Waals surface area contributed by atoms with E-state index in [1.54, 1.807) is 36.4 Å². The number of nitrogens with one attached hydrogen (secondary N) is 2. The average Bonchev–Trinajstić information content (AvgIpc) is 3.23. The topological polar surface area (TPSA) is 187 Å². The van der Waals surface area contributed by atoms with Gasteiger partial charge in [0.25, 0.3) is 5.91 Å². The molecule has 0 fully saturated rings. The minimum Gasteiger partial charge on any atom is -0.504 e. The standard InChI is InChI=1S/C44H52N4O10/c1-4-33-36(5-2)48(3)29-32-8-6-7-9-34(32)41(40(33)45)46-16-18-53-20-22-55-24-26-57-27-25-56-23-21-54-19-17-47-44(52)31-12-10-30(11-13-31)39-28-38(50)35-14-15-37(49)42(51)43(35)58-39/h4-15,28,46,49,51H,1-2,16-27,29,45H2,3H3,(H,47,52)/b36-33-,41-40-. The number of allylic oxidation sites excluding steroid dienone is 2. The minimum atomic E-state index is -0.511. The molecule has 0 atom stereocenters. The van der Waals surface area contributed by atoms with Gasteiger partial charge in [-0.05, 0) is 35.9 Å². The number of amides is 1. The van der Waals surface area contributed by atoms with Crippen LogP contribution in [-0.2, 0) is 30.2 Å². The zero-order chi connectivity index (χ0) is 41.3. The quantitative estimate of drug-likeness (QED) is 0.0516. The molecule has 58 heavy (non-hydrogen) atoms. The number of carbonyl (C=O) groups excluding carboxylic acids is 1. The molecule has 308 valence electrons. The fourth-order valence-electron chi connectivity index (χ4n) is 6.23. The van der Waals surface area contributed by atoms with Crippen LogP contribution in [0.2, 0.25) is 0 Å². The van der Waals surface area contributed by atoms with Crippen LogP contribution in [-0.4, -0.2) is 107 Å². The molecule has 3 aromatic carbocycles. The van der Waals surface area contributed by atoms with Crippen LogP contribution in [0.15, 0.2) is 118 Å². The van der Waals surface area contributed by atoms with E-state index >= 15 is 0 Å². The van der Waals surface area contributed by atoms with E-state index < -0.39 is 11.5 Å². The smallest absolute Gasteiger partial charge is 0.251 e. The van der Waals surface area contributed by atoms with Gasteiger partial charge in [-0.15, -0.1) is 0 Å². The maximum absolute atomic E-state index is 12.6. The Morgan fingerprint density at radius 1 is 0.828 bits per heavy atom. The lowest BCUT2D eigenvalue weighted by Crippen LogP contribution is -2.28. The number of carbonyl (C=O) groups is 1. The largest absolute Gasteiger partial charge is 0.504 e. The molecule has 0 saturated heterocycles. The van der Waals surface area contributed by atoms with Gasteiger partial charge in [-0.1, -0.05) is 55.6 Å². The minimum absolute atomic E-state index is 0.112. The zero-order valence-electron chi connectivity index (χ0n) is 32.8. The summed E-state index contributed by atoms with van der Waals surface area (Å²) in [4.78, 5) is 27.2. The van der Waals surface area contributed by atoms with Crippen molar-refractivity contribution < 1.29 is 43.1 Å². The van der Waals surface area contributed by atoms with E-state index in [1.165, 1.54) is 18.2 Å². The Labute approximate surface area is 337 Å². The summed E-state index contributed by atoms with van der Waals surface area (Å²) in [5, 5.41) is 26.3. The number of hydrogen-bond acceptors (Lipinski definition) is 13. The van der Waals surface area contributed by atoms with Crippen LogP contribution < -0.4 is 21.8 Å². The van der Waals surface area contributed by atoms with Crippen molar-refractivity contribution in [2.24, 2.45) is 5.73 Å². The summed E-state index contributed by atoms with van der Waals surface area (Å²) < 4.78 is 33.7. The summed E-state index contributed by atoms with van der Waals surface area (Å²) in [7, 11) is 2.02. The number of nitrogens with zero attached hydrogens (tertiary/aromatic N) is 1. The molecular weight excluding hydrogens is 745 g/mol. The van der Waals surface area contributed by atoms with Crippen LogP contribution in [0, 0.1) is 0 Å². The number of aromatic hydroxyl groups is 2. The van der Waals surface area contributed by atoms with E-state index in [0.29, 0.717) is 103 Å². The van der Waals surface area contributed by atoms with Gasteiger partial charge in [-0.25, -0.2) is 0 Å². The first-order chi connectivity index (χ1) is 28.2. The fourth-order valence-corrected chi connectivity index (χ4v) is 6.23. The van der Waals surface area contributed by atoms with Crippen molar-refractivity contribution >= 4 is 22.6 Å². The lowest BCUT2D eigenvalue weighted by molar-refractivity contribution is -0.0104. The highest BCUT2D eigenvalue weighted by Crippen LogP contribution is 2.34. The van der Waals surface area contributed by atoms with E-state index in [0.717, 1.165) is 28.1 Å². The van der Waals surface area contributed by atoms with Crippen LogP contribution in [0.1, 0.15) is 21.5 Å². The van der Waals surface area contributed by atoms with Crippen LogP contribution >= 0.6 is 0 Å². The number of hydrogen-bond donors (Lipinski definition) is 5. The second-order valence-electron chi connectivity index (χ2n) is 13.1. The Kier molecular flexibility index (Phi) is 16.5. The molecule has 1 aliphatic rings. The van der Waals surface area contributed by atoms with Crippen molar-refractivity contribution in [3.8, 4) is 22.8 Å². The number of nitrogens with two attached hydrogens (primary N) is 1. The molecule has 0 spiro atoms. The number of rotatable bonds is 23. The predicted molar refractivity (Wildman–Crippen MR) is 222 cm³/mol. The molecule has 0 saturated carbocycles. The highest BCUT2D eigenvalue weighted by molar-refractivity contribution is 5.94. The molecule has 6 N–H and O–H groups in total. The fraction of sp³-hybridized carbons (Fsp3) is 0.318. The van der Waals surface area contributed by atoms with Crippen LogP contribution in [0.4, 0.5) is 0 Å². The van der Waals surface area contributed by atoms with Crippen LogP contribution in [0.3, 0.4) is 0 Å². The summed E-state index contributed by atoms with van der Waals surface area (Å²) >= 11 is 0. The van der Waals surface area contributed by atoms with E-state index in [9.17, 15) is 19.8 Å². The molecule has 1 amide bonds. The van der Waals surface area contributed by atoms with E-state index in [2.05, 4.69) is 40.8 Å². The van der Waals surface area contributed by atoms with Crippen molar-refractivity contribution in [1.29, 1.82) is 0 Å². The summed E-state index contributed by atoms with van der Waals surface area (Å²) in [5.41, 5.74) is 12.5. The van der Waals surface area contributed by atoms with Crippen LogP contribution in [0.5, 0.6) is 11.5 Å². The molecule has 2 heterocycles. The lowest BCUT2D eigenvalue weighted by Gasteiger charge is -2.29. The van der Waals surface area contributed by atoms with Crippen molar-refractivity contribution in [3.05, 3.63) is 136 Å². The van der Waals surface area contributed by atoms with E-state index in [-0.39, 0.29) is 28.1 Å². The molecule has 0 bridgehead atoms. The number of likely N-dealkylation sites (N-methyl/N-ethyl adjacent to an activating group) is 1. The summed E-state index contributed by atoms with van der Waals surface area (Å²) in [6.07, 6.45) is 3.57. The van der Waals surface area contributed by atoms with Crippen LogP contribution in [0.25, 0.3) is 28.0 Å². The Balaban J connectivity index is 0.858. The predicted octanol–water partition coefficient (Wildman–Crippen LogP) is 4.67. The molecule has 1 aromatic heterocycles. The highest BCUT2D eigenvalue weighted by Gasteiger charge is 2.21. The number of fused-ring (bicyclic) bond motifs is 2. The van der Waals surface area contributed by atoms with Gasteiger partial charge in [0, 0.05) is 60.7 Å². The van der Waals surface area contributed by atoms with Crippen molar-refractivity contribution in [2.45, 2.75) is 6.54 Å². The third-order valence-electron chi connectivity index (χ3n) is 9.19. The second-order valence-corrected chi connectivity index (χ2v) is 13.1. The SMILES string of the molecule is C=CC1=C(\C=C)N(C)Cc2ccccc2/C(NCCOCCOCCOCCOCCOCCNC(=O)c2ccc(-c3cc(=O)c4ccc(O)c(O)c4o3)cc2)=C\1N. The molecule has 14 nitrogen and oxygen atoms in total. The molecular formula is C44H52N4O10. The van der Waals surface area contributed by atoms with Gasteiger partial charge in [0.2, 0.25) is 5.75 Å². The Morgan fingerprint density at radius 3 is 2.05 bits per heavy atom. The van der Waals surface area contributed by atoms with Gasteiger partial charge in [0.05, 0.1) is 82.8 Å². The molecule has 14 heteroatoms. The number of ether oxygens (including phenoxy) is 5. The van der Waals surface area contributed by atoms with Crippen molar-refractivity contribution in [1.82, 2.24) is 15.5 Å². The maximum atomic E-state index is 12.6. The highest BCUT2D eigenvalue weighted by atomic mass is 16.6. The summed E-state index contributed by atoms with van der Waals surface area (Å²) in [6, 6.07) is 18.5. The molecule has 0 unspecified atom stereocenters. The second kappa shape index (κ2) is 22.1. The number of phenols is 2. The first-order valence-corrected chi connectivity index (χ1v) is 19.0. The Bertz CT molecular complexity index is 2140. The number of benzene rings is 3. The monoisotopic (exact) mass is 796 g/mol. The zero-order valence-corrected chi connectivity index (χ0v) is 32.8. The molecule has 0 radical (unpaired) electrons. The third-order valence-corrected chi connectivity index (χ3v) is 9.19. The van der Waals surface area contributed by atoms with Gasteiger partial charge in [-0.2, -0.15) is 0 Å². The Hall–Kier alpha value is -5.90. The van der Waals surface area contributed by atoms with E-state index in [4.69, 9.17) is 33.8 Å². The lowest BCUT2D eigenvalue weighted by atomic mass is 9.96. The van der Waals surface area contributed by atoms with Gasteiger partial charge in [0.15, 0.2) is 16.8 Å².